The number of hydrogen-bond acceptors (Lipinski definition) is 1. The van der Waals surface area contributed by atoms with Crippen LogP contribution in [0.3, 0.4) is 0 Å². The van der Waals surface area contributed by atoms with E-state index in [0.29, 0.717) is 0 Å². The fourth-order valence-electron chi connectivity index (χ4n) is 0.973. The summed E-state index contributed by atoms with van der Waals surface area (Å²) in [6.45, 7) is 4.06. The number of hydrogen-bond donors (Lipinski definition) is 1. The smallest absolute Gasteiger partial charge is 0.0608 e. The largest absolute Gasteiger partial charge is 0.397 e. The zero-order valence-corrected chi connectivity index (χ0v) is 9.58. The molecule has 0 amide bonds. The predicted molar refractivity (Wildman–Crippen MR) is 55.7 cm³/mol. The number of benzene rings is 1. The topological polar surface area (TPSA) is 26.0 Å². The summed E-state index contributed by atoms with van der Waals surface area (Å²) in [6, 6.07) is 2.09. The summed E-state index contributed by atoms with van der Waals surface area (Å²) in [6.07, 6.45) is 0. The van der Waals surface area contributed by atoms with Crippen molar-refractivity contribution < 1.29 is 0 Å². The molecule has 0 aromatic heterocycles. The molecule has 0 atom stereocenters. The summed E-state index contributed by atoms with van der Waals surface area (Å²) in [7, 11) is 0. The first-order valence-electron chi connectivity index (χ1n) is 3.24. The van der Waals surface area contributed by atoms with E-state index < -0.39 is 0 Å². The second-order valence-corrected chi connectivity index (χ2v) is 4.14. The third-order valence-electron chi connectivity index (χ3n) is 1.60. The van der Waals surface area contributed by atoms with Gasteiger partial charge in [-0.15, -0.1) is 0 Å². The van der Waals surface area contributed by atoms with E-state index in [1.807, 2.05) is 13.8 Å². The highest BCUT2D eigenvalue weighted by Gasteiger charge is 2.06. The highest BCUT2D eigenvalue weighted by atomic mass is 79.9. The van der Waals surface area contributed by atoms with Crippen molar-refractivity contribution in [3.05, 3.63) is 26.1 Å². The van der Waals surface area contributed by atoms with E-state index >= 15 is 0 Å². The number of aryl methyl sites for hydroxylation is 2. The van der Waals surface area contributed by atoms with Crippen molar-refractivity contribution in [2.75, 3.05) is 5.73 Å². The lowest BCUT2D eigenvalue weighted by atomic mass is 10.1. The molecule has 0 radical (unpaired) electrons. The molecule has 0 spiro atoms. The number of nitrogens with two attached hydrogens (primary N) is 1. The Balaban J connectivity index is 3.46. The molecule has 0 saturated heterocycles. The molecule has 1 aromatic carbocycles. The fourth-order valence-corrected chi connectivity index (χ4v) is 1.86. The molecule has 60 valence electrons. The molecule has 0 heterocycles. The Hall–Kier alpha value is -0.0200. The molecule has 3 heteroatoms. The van der Waals surface area contributed by atoms with Gasteiger partial charge in [0.2, 0.25) is 0 Å². The van der Waals surface area contributed by atoms with Crippen molar-refractivity contribution in [1.29, 1.82) is 0 Å². The Morgan fingerprint density at radius 1 is 1.09 bits per heavy atom. The van der Waals surface area contributed by atoms with Gasteiger partial charge in [-0.05, 0) is 56.8 Å². The van der Waals surface area contributed by atoms with Crippen LogP contribution >= 0.6 is 31.9 Å². The Morgan fingerprint density at radius 2 is 1.45 bits per heavy atom. The number of rotatable bonds is 0. The molecule has 1 rings (SSSR count). The average Bonchev–Trinajstić information content (AvgIpc) is 1.97. The van der Waals surface area contributed by atoms with E-state index in [2.05, 4.69) is 37.9 Å². The van der Waals surface area contributed by atoms with E-state index in [4.69, 9.17) is 5.73 Å². The third kappa shape index (κ3) is 1.59. The van der Waals surface area contributed by atoms with Crippen molar-refractivity contribution in [2.45, 2.75) is 13.8 Å². The Bertz CT molecular complexity index is 268. The van der Waals surface area contributed by atoms with Gasteiger partial charge in [0, 0.05) is 8.95 Å². The van der Waals surface area contributed by atoms with Crippen LogP contribution in [0.15, 0.2) is 15.0 Å². The molecule has 2 N–H and O–H groups in total. The summed E-state index contributed by atoms with van der Waals surface area (Å²) < 4.78 is 1.96. The van der Waals surface area contributed by atoms with Gasteiger partial charge in [-0.2, -0.15) is 0 Å². The molecule has 0 aliphatic carbocycles. The van der Waals surface area contributed by atoms with Crippen molar-refractivity contribution in [2.24, 2.45) is 0 Å². The summed E-state index contributed by atoms with van der Waals surface area (Å²) >= 11 is 6.82. The first-order valence-corrected chi connectivity index (χ1v) is 4.83. The number of nitrogen functional groups attached to an aromatic ring is 1. The molecule has 11 heavy (non-hydrogen) atoms. The van der Waals surface area contributed by atoms with Crippen LogP contribution in [0.4, 0.5) is 5.69 Å². The average molecular weight is 279 g/mol. The minimum absolute atomic E-state index is 0.780. The lowest BCUT2D eigenvalue weighted by Crippen LogP contribution is -1.93. The minimum Gasteiger partial charge on any atom is -0.397 e. The maximum atomic E-state index is 5.79. The van der Waals surface area contributed by atoms with Crippen molar-refractivity contribution in [3.8, 4) is 0 Å². The molecule has 0 aliphatic heterocycles. The zero-order valence-electron chi connectivity index (χ0n) is 6.41. The maximum Gasteiger partial charge on any atom is 0.0608 e. The predicted octanol–water partition coefficient (Wildman–Crippen LogP) is 3.41. The van der Waals surface area contributed by atoms with Crippen molar-refractivity contribution in [1.82, 2.24) is 0 Å². The SMILES string of the molecule is Cc1cc(C)c(Br)c(N)c1Br. The van der Waals surface area contributed by atoms with Crippen LogP contribution in [0.5, 0.6) is 0 Å². The molecule has 0 unspecified atom stereocenters. The van der Waals surface area contributed by atoms with Crippen LogP contribution < -0.4 is 5.73 Å². The van der Waals surface area contributed by atoms with Gasteiger partial charge in [0.15, 0.2) is 0 Å². The van der Waals surface area contributed by atoms with Gasteiger partial charge in [0.1, 0.15) is 0 Å². The molecular formula is C8H9Br2N. The molecule has 0 aliphatic rings. The summed E-state index contributed by atoms with van der Waals surface area (Å²) in [5, 5.41) is 0. The van der Waals surface area contributed by atoms with Crippen LogP contribution in [0.25, 0.3) is 0 Å². The highest BCUT2D eigenvalue weighted by molar-refractivity contribution is 9.11. The van der Waals surface area contributed by atoms with Crippen LogP contribution in [-0.4, -0.2) is 0 Å². The van der Waals surface area contributed by atoms with Gasteiger partial charge in [-0.25, -0.2) is 0 Å². The van der Waals surface area contributed by atoms with E-state index in [-0.39, 0.29) is 0 Å². The monoisotopic (exact) mass is 277 g/mol. The molecule has 0 fully saturated rings. The first kappa shape index (κ1) is 9.07. The standard InChI is InChI=1S/C8H9Br2N/c1-4-3-5(2)7(10)8(11)6(4)9/h3H,11H2,1-2H3. The van der Waals surface area contributed by atoms with Crippen LogP contribution in [0, 0.1) is 13.8 Å². The molecule has 1 nitrogen and oxygen atoms in total. The van der Waals surface area contributed by atoms with Crippen LogP contribution in [0.1, 0.15) is 11.1 Å². The second-order valence-electron chi connectivity index (χ2n) is 2.55. The summed E-state index contributed by atoms with van der Waals surface area (Å²) in [5.74, 6) is 0. The van der Waals surface area contributed by atoms with Gasteiger partial charge in [-0.3, -0.25) is 0 Å². The fraction of sp³-hybridized carbons (Fsp3) is 0.250. The molecule has 0 saturated carbocycles. The van der Waals surface area contributed by atoms with Crippen molar-refractivity contribution in [3.63, 3.8) is 0 Å². The second kappa shape index (κ2) is 3.15. The van der Waals surface area contributed by atoms with E-state index in [0.717, 1.165) is 14.6 Å². The molecule has 1 aromatic rings. The van der Waals surface area contributed by atoms with E-state index in [1.165, 1.54) is 11.1 Å². The number of halogens is 2. The maximum absolute atomic E-state index is 5.79. The van der Waals surface area contributed by atoms with Gasteiger partial charge in [0.05, 0.1) is 5.69 Å². The Morgan fingerprint density at radius 3 is 1.82 bits per heavy atom. The summed E-state index contributed by atoms with van der Waals surface area (Å²) in [5.41, 5.74) is 8.91. The quantitative estimate of drug-likeness (QED) is 0.723. The van der Waals surface area contributed by atoms with Gasteiger partial charge in [-0.1, -0.05) is 6.07 Å². The normalized spacial score (nSPS) is 10.2. The highest BCUT2D eigenvalue weighted by Crippen LogP contribution is 2.33. The number of anilines is 1. The Kier molecular flexibility index (Phi) is 2.60. The van der Waals surface area contributed by atoms with Gasteiger partial charge in [0.25, 0.3) is 0 Å². The van der Waals surface area contributed by atoms with Crippen molar-refractivity contribution >= 4 is 37.5 Å². The lowest BCUT2D eigenvalue weighted by Gasteiger charge is -2.07. The van der Waals surface area contributed by atoms with Crippen LogP contribution in [-0.2, 0) is 0 Å². The molecular weight excluding hydrogens is 270 g/mol. The lowest BCUT2D eigenvalue weighted by molar-refractivity contribution is 1.34. The van der Waals surface area contributed by atoms with Crippen LogP contribution in [0.2, 0.25) is 0 Å². The zero-order chi connectivity index (χ0) is 8.59. The first-order chi connectivity index (χ1) is 5.04. The summed E-state index contributed by atoms with van der Waals surface area (Å²) in [4.78, 5) is 0. The van der Waals surface area contributed by atoms with Gasteiger partial charge >= 0.3 is 0 Å². The molecule has 0 bridgehead atoms. The van der Waals surface area contributed by atoms with E-state index in [9.17, 15) is 0 Å². The third-order valence-corrected chi connectivity index (χ3v) is 3.70. The van der Waals surface area contributed by atoms with E-state index in [1.54, 1.807) is 0 Å². The van der Waals surface area contributed by atoms with Gasteiger partial charge < -0.3 is 5.73 Å². The Labute approximate surface area is 83.2 Å². The minimum atomic E-state index is 0.780.